The maximum atomic E-state index is 3.92. The van der Waals surface area contributed by atoms with E-state index in [1.54, 1.807) is 11.1 Å². The number of piperidine rings is 3. The highest BCUT2D eigenvalue weighted by molar-refractivity contribution is 5.32. The number of aryl methyl sites for hydroxylation is 1. The normalized spacial score (nSPS) is 35.8. The number of nitrogens with one attached hydrogen (secondary N) is 1. The fourth-order valence-corrected chi connectivity index (χ4v) is 4.56. The van der Waals surface area contributed by atoms with Crippen molar-refractivity contribution in [2.75, 3.05) is 26.2 Å². The number of rotatable bonds is 3. The van der Waals surface area contributed by atoms with Crippen LogP contribution >= 0.6 is 0 Å². The number of hydrogen-bond donors (Lipinski definition) is 1. The van der Waals surface area contributed by atoms with Crippen molar-refractivity contribution >= 4 is 0 Å². The maximum absolute atomic E-state index is 3.92. The van der Waals surface area contributed by atoms with Gasteiger partial charge in [-0.25, -0.2) is 0 Å². The molecule has 3 heterocycles. The second kappa shape index (κ2) is 5.50. The smallest absolute Gasteiger partial charge is 0.0224 e. The van der Waals surface area contributed by atoms with Gasteiger partial charge in [0, 0.05) is 19.1 Å². The topological polar surface area (TPSA) is 15.3 Å². The summed E-state index contributed by atoms with van der Waals surface area (Å²) in [5, 5.41) is 3.92. The molecule has 0 aromatic heterocycles. The van der Waals surface area contributed by atoms with Crippen LogP contribution in [-0.4, -0.2) is 37.1 Å². The van der Waals surface area contributed by atoms with E-state index in [1.807, 2.05) is 0 Å². The molecule has 3 fully saturated rings. The zero-order valence-electron chi connectivity index (χ0n) is 12.4. The third-order valence-electron chi connectivity index (χ3n) is 5.78. The summed E-state index contributed by atoms with van der Waals surface area (Å²) in [6.45, 7) is 5.16. The summed E-state index contributed by atoms with van der Waals surface area (Å²) in [5.41, 5.74) is 3.21. The van der Waals surface area contributed by atoms with Crippen LogP contribution in [0, 0.1) is 5.92 Å². The minimum Gasteiger partial charge on any atom is -0.312 e. The molecular formula is C18H26N2. The molecule has 0 saturated carbocycles. The molecule has 2 atom stereocenters. The van der Waals surface area contributed by atoms with E-state index in [0.29, 0.717) is 0 Å². The van der Waals surface area contributed by atoms with Crippen LogP contribution in [0.25, 0.3) is 0 Å². The lowest BCUT2D eigenvalue weighted by molar-refractivity contribution is 0.0718. The number of hydrogen-bond acceptors (Lipinski definition) is 2. The molecule has 2 nitrogen and oxygen atoms in total. The molecule has 0 spiro atoms. The first-order valence-electron chi connectivity index (χ1n) is 8.44. The molecule has 20 heavy (non-hydrogen) atoms. The monoisotopic (exact) mass is 270 g/mol. The Kier molecular flexibility index (Phi) is 3.53. The molecule has 1 aliphatic carbocycles. The average Bonchev–Trinajstić information content (AvgIpc) is 2.54. The zero-order valence-corrected chi connectivity index (χ0v) is 12.4. The summed E-state index contributed by atoms with van der Waals surface area (Å²) in [7, 11) is 0. The lowest BCUT2D eigenvalue weighted by Gasteiger charge is -2.45. The van der Waals surface area contributed by atoms with Gasteiger partial charge in [-0.15, -0.1) is 0 Å². The van der Waals surface area contributed by atoms with E-state index in [2.05, 4.69) is 34.5 Å². The Bertz CT molecular complexity index is 462. The van der Waals surface area contributed by atoms with Crippen LogP contribution < -0.4 is 5.32 Å². The fourth-order valence-electron chi connectivity index (χ4n) is 4.56. The molecule has 0 radical (unpaired) electrons. The molecule has 1 unspecified atom stereocenters. The Labute approximate surface area is 122 Å². The van der Waals surface area contributed by atoms with Crippen LogP contribution in [0.15, 0.2) is 24.3 Å². The van der Waals surface area contributed by atoms with Crippen molar-refractivity contribution in [1.82, 2.24) is 10.2 Å². The van der Waals surface area contributed by atoms with Gasteiger partial charge in [0.05, 0.1) is 0 Å². The highest BCUT2D eigenvalue weighted by Gasteiger charge is 2.34. The van der Waals surface area contributed by atoms with Gasteiger partial charge in [0.25, 0.3) is 0 Å². The molecule has 1 aromatic carbocycles. The molecule has 5 rings (SSSR count). The van der Waals surface area contributed by atoms with Crippen molar-refractivity contribution in [3.63, 3.8) is 0 Å². The number of benzene rings is 1. The van der Waals surface area contributed by atoms with Crippen molar-refractivity contribution in [3.8, 4) is 0 Å². The zero-order chi connectivity index (χ0) is 13.4. The molecule has 0 amide bonds. The lowest BCUT2D eigenvalue weighted by atomic mass is 9.81. The molecule has 2 heteroatoms. The van der Waals surface area contributed by atoms with Gasteiger partial charge >= 0.3 is 0 Å². The van der Waals surface area contributed by atoms with Crippen LogP contribution in [0.5, 0.6) is 0 Å². The van der Waals surface area contributed by atoms with Crippen molar-refractivity contribution in [2.24, 2.45) is 5.92 Å². The minimum absolute atomic E-state index is 0.746. The third-order valence-corrected chi connectivity index (χ3v) is 5.78. The first-order valence-corrected chi connectivity index (χ1v) is 8.44. The maximum Gasteiger partial charge on any atom is 0.0224 e. The molecule has 3 saturated heterocycles. The van der Waals surface area contributed by atoms with Crippen molar-refractivity contribution in [3.05, 3.63) is 35.4 Å². The average molecular weight is 270 g/mol. The van der Waals surface area contributed by atoms with Gasteiger partial charge < -0.3 is 10.2 Å². The van der Waals surface area contributed by atoms with E-state index in [1.165, 1.54) is 58.3 Å². The molecule has 3 aliphatic heterocycles. The van der Waals surface area contributed by atoms with Crippen LogP contribution in [0.4, 0.5) is 0 Å². The summed E-state index contributed by atoms with van der Waals surface area (Å²) < 4.78 is 0. The van der Waals surface area contributed by atoms with Crippen LogP contribution in [-0.2, 0) is 6.42 Å². The fraction of sp³-hybridized carbons (Fsp3) is 0.667. The van der Waals surface area contributed by atoms with E-state index < -0.39 is 0 Å². The molecule has 1 N–H and O–H groups in total. The number of fused-ring (bicyclic) bond motifs is 4. The first kappa shape index (κ1) is 12.8. The van der Waals surface area contributed by atoms with Gasteiger partial charge in [-0.3, -0.25) is 0 Å². The van der Waals surface area contributed by atoms with E-state index in [9.17, 15) is 0 Å². The highest BCUT2D eigenvalue weighted by Crippen LogP contribution is 2.32. The molecular weight excluding hydrogens is 244 g/mol. The van der Waals surface area contributed by atoms with E-state index in [-0.39, 0.29) is 0 Å². The largest absolute Gasteiger partial charge is 0.312 e. The van der Waals surface area contributed by atoms with Crippen LogP contribution in [0.1, 0.15) is 42.7 Å². The van der Waals surface area contributed by atoms with E-state index in [4.69, 9.17) is 0 Å². The van der Waals surface area contributed by atoms with Gasteiger partial charge in [0.15, 0.2) is 0 Å². The highest BCUT2D eigenvalue weighted by atomic mass is 15.2. The second-order valence-corrected chi connectivity index (χ2v) is 6.94. The summed E-state index contributed by atoms with van der Waals surface area (Å²) in [4.78, 5) is 2.65. The molecule has 1 aromatic rings. The van der Waals surface area contributed by atoms with Gasteiger partial charge in [-0.05, 0) is 68.2 Å². The van der Waals surface area contributed by atoms with Gasteiger partial charge in [-0.1, -0.05) is 24.3 Å². The Morgan fingerprint density at radius 2 is 1.95 bits per heavy atom. The number of nitrogens with zero attached hydrogens (tertiary/aromatic N) is 1. The Balaban J connectivity index is 1.41. The van der Waals surface area contributed by atoms with Crippen molar-refractivity contribution in [1.29, 1.82) is 0 Å². The van der Waals surface area contributed by atoms with Crippen LogP contribution in [0.3, 0.4) is 0 Å². The van der Waals surface area contributed by atoms with Gasteiger partial charge in [-0.2, -0.15) is 0 Å². The summed E-state index contributed by atoms with van der Waals surface area (Å²) in [5.74, 6) is 1.69. The van der Waals surface area contributed by atoms with Gasteiger partial charge in [0.2, 0.25) is 0 Å². The third kappa shape index (κ3) is 2.40. The summed E-state index contributed by atoms with van der Waals surface area (Å²) >= 11 is 0. The lowest BCUT2D eigenvalue weighted by Crippen LogP contribution is -2.56. The second-order valence-electron chi connectivity index (χ2n) is 6.94. The minimum atomic E-state index is 0.746. The first-order chi connectivity index (χ1) is 9.90. The molecule has 108 valence electrons. The van der Waals surface area contributed by atoms with E-state index >= 15 is 0 Å². The van der Waals surface area contributed by atoms with Crippen molar-refractivity contribution < 1.29 is 0 Å². The van der Waals surface area contributed by atoms with Gasteiger partial charge in [0.1, 0.15) is 0 Å². The summed E-state index contributed by atoms with van der Waals surface area (Å²) in [6.07, 6.45) is 6.85. The van der Waals surface area contributed by atoms with Crippen LogP contribution in [0.2, 0.25) is 0 Å². The Hall–Kier alpha value is -0.860. The standard InChI is InChI=1S/C18H26N2/c1-2-7-17-14(4-1)5-3-6-16(17)12-19-18-13-20-10-8-15(18)9-11-20/h1-2,4,7,15-16,18-19H,3,5-6,8-13H2/t16-,18?/m1/s1. The predicted octanol–water partition coefficient (Wildman–Crippen LogP) is 2.79. The predicted molar refractivity (Wildman–Crippen MR) is 83.1 cm³/mol. The quantitative estimate of drug-likeness (QED) is 0.908. The Morgan fingerprint density at radius 1 is 1.10 bits per heavy atom. The van der Waals surface area contributed by atoms with E-state index in [0.717, 1.165) is 17.9 Å². The summed E-state index contributed by atoms with van der Waals surface area (Å²) in [6, 6.07) is 9.85. The molecule has 2 bridgehead atoms. The molecule has 4 aliphatic rings. The van der Waals surface area contributed by atoms with Crippen molar-refractivity contribution in [2.45, 2.75) is 44.1 Å². The Morgan fingerprint density at radius 3 is 2.75 bits per heavy atom. The SMILES string of the molecule is c1ccc2c(c1)CCC[C@@H]2CNC1CN2CCC1CC2.